The lowest BCUT2D eigenvalue weighted by atomic mass is 10.1. The van der Waals surface area contributed by atoms with Gasteiger partial charge in [-0.05, 0) is 57.4 Å². The molecule has 0 saturated heterocycles. The van der Waals surface area contributed by atoms with E-state index in [-0.39, 0.29) is 17.9 Å². The lowest BCUT2D eigenvalue weighted by Gasteiger charge is -2.25. The van der Waals surface area contributed by atoms with Gasteiger partial charge in [0.25, 0.3) is 0 Å². The van der Waals surface area contributed by atoms with Crippen LogP contribution in [0.1, 0.15) is 42.0 Å². The van der Waals surface area contributed by atoms with Crippen LogP contribution >= 0.6 is 0 Å². The summed E-state index contributed by atoms with van der Waals surface area (Å²) < 4.78 is 0. The van der Waals surface area contributed by atoms with Crippen LogP contribution in [-0.4, -0.2) is 26.8 Å². The minimum atomic E-state index is 0.0182. The fourth-order valence-electron chi connectivity index (χ4n) is 3.48. The number of carbonyl (C=O) groups excluding carboxylic acids is 1. The number of hydrogen-bond donors (Lipinski definition) is 1. The Morgan fingerprint density at radius 2 is 1.60 bits per heavy atom. The van der Waals surface area contributed by atoms with Crippen LogP contribution in [0.4, 0.5) is 0 Å². The third-order valence-electron chi connectivity index (χ3n) is 4.73. The van der Waals surface area contributed by atoms with Crippen LogP contribution in [0, 0.1) is 19.8 Å². The van der Waals surface area contributed by atoms with Gasteiger partial charge in [-0.25, -0.2) is 0 Å². The number of carbonyl (C=O) groups is 1. The van der Waals surface area contributed by atoms with E-state index in [1.807, 2.05) is 55.1 Å². The molecule has 3 rings (SSSR count). The average Bonchev–Trinajstić information content (AvgIpc) is 3.00. The van der Waals surface area contributed by atoms with E-state index in [1.165, 1.54) is 0 Å². The molecule has 1 amide bonds. The van der Waals surface area contributed by atoms with Crippen molar-refractivity contribution >= 4 is 5.91 Å². The normalized spacial score (nSPS) is 19.8. The van der Waals surface area contributed by atoms with Gasteiger partial charge in [-0.3, -0.25) is 14.8 Å². The first kappa shape index (κ1) is 17.5. The fourth-order valence-corrected chi connectivity index (χ4v) is 3.48. The molecule has 0 bridgehead atoms. The van der Waals surface area contributed by atoms with Gasteiger partial charge in [-0.2, -0.15) is 0 Å². The average molecular weight is 338 g/mol. The minimum absolute atomic E-state index is 0.0182. The Labute approximate surface area is 149 Å². The molecular weight excluding hydrogens is 312 g/mol. The van der Waals surface area contributed by atoms with E-state index in [0.29, 0.717) is 13.1 Å². The molecule has 2 heterocycles. The van der Waals surface area contributed by atoms with Gasteiger partial charge in [0.15, 0.2) is 0 Å². The summed E-state index contributed by atoms with van der Waals surface area (Å²) in [5, 5.41) is 0. The van der Waals surface area contributed by atoms with Crippen molar-refractivity contribution in [3.05, 3.63) is 59.2 Å². The number of rotatable bonds is 5. The zero-order valence-corrected chi connectivity index (χ0v) is 15.0. The molecule has 5 nitrogen and oxygen atoms in total. The Bertz CT molecular complexity index is 698. The fraction of sp³-hybridized carbons (Fsp3) is 0.450. The van der Waals surface area contributed by atoms with Crippen molar-refractivity contribution < 1.29 is 4.79 Å². The molecule has 132 valence electrons. The van der Waals surface area contributed by atoms with E-state index < -0.39 is 0 Å². The molecule has 2 atom stereocenters. The lowest BCUT2D eigenvalue weighted by Crippen LogP contribution is -2.35. The number of hydrogen-bond acceptors (Lipinski definition) is 4. The van der Waals surface area contributed by atoms with Gasteiger partial charge < -0.3 is 10.6 Å². The van der Waals surface area contributed by atoms with Gasteiger partial charge in [0, 0.05) is 23.3 Å². The lowest BCUT2D eigenvalue weighted by molar-refractivity contribution is -0.136. The summed E-state index contributed by atoms with van der Waals surface area (Å²) in [5.74, 6) is 0.184. The maximum absolute atomic E-state index is 13.1. The third-order valence-corrected chi connectivity index (χ3v) is 4.73. The predicted molar refractivity (Wildman–Crippen MR) is 97.5 cm³/mol. The molecule has 1 fully saturated rings. The van der Waals surface area contributed by atoms with Crippen molar-refractivity contribution in [2.24, 2.45) is 11.7 Å². The van der Waals surface area contributed by atoms with Crippen LogP contribution in [0.2, 0.25) is 0 Å². The predicted octanol–water partition coefficient (Wildman–Crippen LogP) is 2.75. The van der Waals surface area contributed by atoms with E-state index in [2.05, 4.69) is 9.97 Å². The summed E-state index contributed by atoms with van der Waals surface area (Å²) >= 11 is 0. The molecule has 0 radical (unpaired) electrons. The highest BCUT2D eigenvalue weighted by Crippen LogP contribution is 2.27. The Morgan fingerprint density at radius 1 is 1.04 bits per heavy atom. The van der Waals surface area contributed by atoms with Gasteiger partial charge in [0.05, 0.1) is 24.5 Å². The molecule has 2 unspecified atom stereocenters. The Hall–Kier alpha value is -2.27. The quantitative estimate of drug-likeness (QED) is 0.910. The van der Waals surface area contributed by atoms with Crippen LogP contribution in [0.25, 0.3) is 0 Å². The van der Waals surface area contributed by atoms with Gasteiger partial charge in [0.2, 0.25) is 5.91 Å². The molecule has 2 N–H and O–H groups in total. The first-order valence-electron chi connectivity index (χ1n) is 8.90. The van der Waals surface area contributed by atoms with Crippen LogP contribution in [0.15, 0.2) is 36.4 Å². The summed E-state index contributed by atoms with van der Waals surface area (Å²) in [5.41, 5.74) is 9.74. The van der Waals surface area contributed by atoms with Gasteiger partial charge in [0.1, 0.15) is 0 Å². The van der Waals surface area contributed by atoms with Crippen molar-refractivity contribution in [2.75, 3.05) is 0 Å². The molecule has 0 aliphatic heterocycles. The zero-order valence-electron chi connectivity index (χ0n) is 15.0. The van der Waals surface area contributed by atoms with Crippen LogP contribution in [0.3, 0.4) is 0 Å². The first-order valence-corrected chi connectivity index (χ1v) is 8.90. The number of nitrogens with two attached hydrogens (primary N) is 1. The van der Waals surface area contributed by atoms with E-state index in [9.17, 15) is 4.79 Å². The molecule has 25 heavy (non-hydrogen) atoms. The monoisotopic (exact) mass is 338 g/mol. The molecule has 1 saturated carbocycles. The highest BCUT2D eigenvalue weighted by molar-refractivity contribution is 5.79. The smallest absolute Gasteiger partial charge is 0.226 e. The van der Waals surface area contributed by atoms with Gasteiger partial charge in [-0.15, -0.1) is 0 Å². The maximum Gasteiger partial charge on any atom is 0.226 e. The Kier molecular flexibility index (Phi) is 5.43. The van der Waals surface area contributed by atoms with Crippen molar-refractivity contribution in [3.8, 4) is 0 Å². The van der Waals surface area contributed by atoms with E-state index >= 15 is 0 Å². The van der Waals surface area contributed by atoms with Gasteiger partial charge >= 0.3 is 0 Å². The maximum atomic E-state index is 13.1. The number of nitrogens with zero attached hydrogens (tertiary/aromatic N) is 3. The highest BCUT2D eigenvalue weighted by atomic mass is 16.2. The SMILES string of the molecule is Cc1cccc(CN(Cc2cccc(C)n2)C(=O)C2CCC(N)C2)n1. The molecule has 2 aromatic rings. The summed E-state index contributed by atoms with van der Waals surface area (Å²) in [6.45, 7) is 4.94. The summed E-state index contributed by atoms with van der Waals surface area (Å²) in [7, 11) is 0. The van der Waals surface area contributed by atoms with Crippen molar-refractivity contribution in [1.29, 1.82) is 0 Å². The Balaban J connectivity index is 1.81. The van der Waals surface area contributed by atoms with Gasteiger partial charge in [-0.1, -0.05) is 12.1 Å². The summed E-state index contributed by atoms with van der Waals surface area (Å²) in [6.07, 6.45) is 2.58. The highest BCUT2D eigenvalue weighted by Gasteiger charge is 2.31. The van der Waals surface area contributed by atoms with E-state index in [0.717, 1.165) is 42.0 Å². The number of aryl methyl sites for hydroxylation is 2. The number of pyridine rings is 2. The topological polar surface area (TPSA) is 72.1 Å². The standard InChI is InChI=1S/C20H26N4O/c1-14-5-3-7-18(22-14)12-24(13-19-8-4-6-15(2)23-19)20(25)16-9-10-17(21)11-16/h3-8,16-17H,9-13,21H2,1-2H3. The zero-order chi connectivity index (χ0) is 17.8. The number of aromatic nitrogens is 2. The number of amides is 1. The molecule has 1 aliphatic carbocycles. The molecule has 0 spiro atoms. The van der Waals surface area contributed by atoms with Crippen molar-refractivity contribution in [2.45, 2.75) is 52.2 Å². The first-order chi connectivity index (χ1) is 12.0. The van der Waals surface area contributed by atoms with E-state index in [1.54, 1.807) is 0 Å². The van der Waals surface area contributed by atoms with Crippen molar-refractivity contribution in [1.82, 2.24) is 14.9 Å². The second-order valence-corrected chi connectivity index (χ2v) is 7.00. The second kappa shape index (κ2) is 7.74. The molecule has 1 aliphatic rings. The molecule has 2 aromatic heterocycles. The van der Waals surface area contributed by atoms with E-state index in [4.69, 9.17) is 5.73 Å². The molecular formula is C20H26N4O. The molecule has 5 heteroatoms. The van der Waals surface area contributed by atoms with Crippen LogP contribution in [-0.2, 0) is 17.9 Å². The minimum Gasteiger partial charge on any atom is -0.331 e. The third kappa shape index (κ3) is 4.63. The van der Waals surface area contributed by atoms with Crippen LogP contribution in [0.5, 0.6) is 0 Å². The largest absolute Gasteiger partial charge is 0.331 e. The Morgan fingerprint density at radius 3 is 2.04 bits per heavy atom. The molecule has 0 aromatic carbocycles. The summed E-state index contributed by atoms with van der Waals surface area (Å²) in [4.78, 5) is 24.1. The summed E-state index contributed by atoms with van der Waals surface area (Å²) in [6, 6.07) is 12.0. The van der Waals surface area contributed by atoms with Crippen molar-refractivity contribution in [3.63, 3.8) is 0 Å². The van der Waals surface area contributed by atoms with Crippen LogP contribution < -0.4 is 5.73 Å². The second-order valence-electron chi connectivity index (χ2n) is 7.00.